The molecule has 0 aliphatic heterocycles. The number of methoxy groups -OCH3 is 1. The molecule has 0 aromatic carbocycles. The van der Waals surface area contributed by atoms with Gasteiger partial charge in [-0.1, -0.05) is 90.8 Å². The molecule has 0 aromatic rings. The minimum Gasteiger partial charge on any atom is -0.411 e. The van der Waals surface area contributed by atoms with Crippen molar-refractivity contribution < 1.29 is 18.3 Å². The molecule has 0 spiro atoms. The number of nitrogens with zero attached hydrogens (tertiary/aromatic N) is 1. The number of fused-ring (bicyclic) bond motifs is 1. The zero-order valence-corrected chi connectivity index (χ0v) is 36.2. The summed E-state index contributed by atoms with van der Waals surface area (Å²) in [6.07, 6.45) is 20.2. The van der Waals surface area contributed by atoms with E-state index in [4.69, 9.17) is 24.9 Å². The third kappa shape index (κ3) is 10.4. The summed E-state index contributed by atoms with van der Waals surface area (Å²) in [7, 11) is -2.51. The number of rotatable bonds is 12. The van der Waals surface area contributed by atoms with Gasteiger partial charge in [0.1, 0.15) is 6.79 Å². The van der Waals surface area contributed by atoms with Gasteiger partial charge >= 0.3 is 0 Å². The van der Waals surface area contributed by atoms with E-state index in [1.807, 2.05) is 0 Å². The average molecular weight is 712 g/mol. The van der Waals surface area contributed by atoms with Crippen LogP contribution in [0.3, 0.4) is 0 Å². The maximum absolute atomic E-state index is 7.84. The number of ether oxygens (including phenoxy) is 2. The fourth-order valence-electron chi connectivity index (χ4n) is 8.01. The van der Waals surface area contributed by atoms with Gasteiger partial charge in [-0.05, 0) is 130 Å². The molecule has 3 fully saturated rings. The summed E-state index contributed by atoms with van der Waals surface area (Å²) >= 11 is 0. The van der Waals surface area contributed by atoms with Crippen molar-refractivity contribution in [1.29, 1.82) is 0 Å². The average Bonchev–Trinajstić information content (AvgIpc) is 3.32. The maximum atomic E-state index is 7.84. The summed E-state index contributed by atoms with van der Waals surface area (Å²) in [4.78, 5) is 3.81. The molecule has 0 amide bonds. The van der Waals surface area contributed by atoms with Crippen LogP contribution in [0.15, 0.2) is 47.2 Å². The Balaban J connectivity index is 1.90. The van der Waals surface area contributed by atoms with Crippen LogP contribution in [-0.4, -0.2) is 48.3 Å². The first-order valence-corrected chi connectivity index (χ1v) is 24.9. The zero-order chi connectivity index (χ0) is 37.1. The van der Waals surface area contributed by atoms with E-state index in [-0.39, 0.29) is 27.9 Å². The fourth-order valence-corrected chi connectivity index (χ4v) is 10.6. The molecule has 5 nitrogen and oxygen atoms in total. The summed E-state index contributed by atoms with van der Waals surface area (Å²) in [5.74, 6) is 1.87. The van der Waals surface area contributed by atoms with Crippen molar-refractivity contribution in [2.24, 2.45) is 23.2 Å². The highest BCUT2D eigenvalue weighted by Gasteiger charge is 2.50. The monoisotopic (exact) mass is 712 g/mol. The van der Waals surface area contributed by atoms with Crippen LogP contribution in [-0.2, 0) is 18.3 Å². The number of hydrogen-bond acceptors (Lipinski definition) is 4. The van der Waals surface area contributed by atoms with Crippen LogP contribution in [0.5, 0.6) is 0 Å². The predicted octanol–water partition coefficient (Wildman–Crippen LogP) is 12.4. The Morgan fingerprint density at radius 1 is 0.918 bits per heavy atom. The molecule has 278 valence electrons. The Hall–Kier alpha value is -1.28. The second-order valence-electron chi connectivity index (χ2n) is 19.4. The standard InChI is InChI=1S/C42H73NO4Si2/c1-31(19-17-25-41(8,9)45-30-44-12)35-23-24-36-33(20-18-26-42(35,36)10)22-21-32-27-37(46-48(13,14)39(2,3)4)34(29-43-11)38(28-32)47-49(15,16)40(5,6)7/h17,19,21-22,29,31,35-38H,18,20,23-28,30H2,1-10,12-16H3/b19-17+,32-21?,33-22+,34-29?/t31-,35?,36?,37-,38+,42?/m1/s1. The summed E-state index contributed by atoms with van der Waals surface area (Å²) in [6.45, 7) is 40.6. The van der Waals surface area contributed by atoms with Crippen LogP contribution in [0, 0.1) is 29.7 Å². The van der Waals surface area contributed by atoms with Crippen LogP contribution in [0.2, 0.25) is 36.3 Å². The topological polar surface area (TPSA) is 41.3 Å². The van der Waals surface area contributed by atoms with Gasteiger partial charge in [0.15, 0.2) is 22.8 Å². The van der Waals surface area contributed by atoms with Crippen LogP contribution >= 0.6 is 0 Å². The molecule has 7 heteroatoms. The van der Waals surface area contributed by atoms with Gasteiger partial charge in [0.2, 0.25) is 0 Å². The van der Waals surface area contributed by atoms with E-state index in [9.17, 15) is 0 Å². The third-order valence-electron chi connectivity index (χ3n) is 13.2. The second-order valence-corrected chi connectivity index (χ2v) is 28.9. The predicted molar refractivity (Wildman–Crippen MR) is 212 cm³/mol. The second kappa shape index (κ2) is 16.2. The Labute approximate surface area is 304 Å². The third-order valence-corrected chi connectivity index (χ3v) is 22.1. The van der Waals surface area contributed by atoms with Crippen molar-refractivity contribution in [1.82, 2.24) is 0 Å². The molecule has 0 bridgehead atoms. The van der Waals surface area contributed by atoms with Crippen molar-refractivity contribution >= 4 is 16.6 Å². The Kier molecular flexibility index (Phi) is 13.9. The molecule has 3 rings (SSSR count). The molecular weight excluding hydrogens is 639 g/mol. The lowest BCUT2D eigenvalue weighted by molar-refractivity contribution is -0.112. The molecule has 3 unspecified atom stereocenters. The van der Waals surface area contributed by atoms with E-state index in [1.54, 1.807) is 18.9 Å². The summed E-state index contributed by atoms with van der Waals surface area (Å²) in [5, 5.41) is 0.169. The van der Waals surface area contributed by atoms with E-state index < -0.39 is 16.6 Å². The van der Waals surface area contributed by atoms with Gasteiger partial charge in [0.05, 0.1) is 24.4 Å². The van der Waals surface area contributed by atoms with Crippen molar-refractivity contribution in [3.63, 3.8) is 0 Å². The van der Waals surface area contributed by atoms with E-state index >= 15 is 0 Å². The van der Waals surface area contributed by atoms with Gasteiger partial charge in [0, 0.05) is 7.11 Å². The van der Waals surface area contributed by atoms with Gasteiger partial charge < -0.3 is 18.3 Å². The highest BCUT2D eigenvalue weighted by atomic mass is 28.4. The highest BCUT2D eigenvalue weighted by molar-refractivity contribution is 6.74. The Morgan fingerprint density at radius 2 is 1.49 bits per heavy atom. The van der Waals surface area contributed by atoms with E-state index in [0.717, 1.165) is 24.8 Å². The molecule has 3 aliphatic carbocycles. The number of hydrogen-bond donors (Lipinski definition) is 0. The van der Waals surface area contributed by atoms with Gasteiger partial charge in [-0.15, -0.1) is 0 Å². The Morgan fingerprint density at radius 3 is 2.00 bits per heavy atom. The number of allylic oxidation sites excluding steroid dienone is 4. The van der Waals surface area contributed by atoms with Crippen molar-refractivity contribution in [2.75, 3.05) is 13.9 Å². The van der Waals surface area contributed by atoms with E-state index in [0.29, 0.717) is 30.0 Å². The quantitative estimate of drug-likeness (QED) is 0.0874. The molecule has 0 radical (unpaired) electrons. The first kappa shape index (κ1) is 42.1. The molecule has 0 aromatic heterocycles. The molecule has 3 saturated carbocycles. The highest BCUT2D eigenvalue weighted by Crippen LogP contribution is 2.59. The lowest BCUT2D eigenvalue weighted by Gasteiger charge is -2.46. The molecule has 0 N–H and O–H groups in total. The lowest BCUT2D eigenvalue weighted by atomic mass is 9.61. The minimum atomic E-state index is -2.09. The molecule has 6 atom stereocenters. The molecular formula is C42H73NO4Si2. The first-order chi connectivity index (χ1) is 22.5. The molecule has 3 aliphatic rings. The van der Waals surface area contributed by atoms with E-state index in [2.05, 4.69) is 125 Å². The van der Waals surface area contributed by atoms with Crippen molar-refractivity contribution in [3.8, 4) is 0 Å². The molecule has 0 saturated heterocycles. The lowest BCUT2D eigenvalue weighted by Crippen LogP contribution is -2.50. The normalized spacial score (nSPS) is 30.7. The van der Waals surface area contributed by atoms with Crippen LogP contribution in [0.4, 0.5) is 0 Å². The van der Waals surface area contributed by atoms with Crippen molar-refractivity contribution in [3.05, 3.63) is 58.6 Å². The minimum absolute atomic E-state index is 0.0845. The molecule has 0 heterocycles. The van der Waals surface area contributed by atoms with Crippen molar-refractivity contribution in [2.45, 2.75) is 175 Å². The first-order valence-electron chi connectivity index (χ1n) is 19.1. The van der Waals surface area contributed by atoms with Crippen LogP contribution < -0.4 is 0 Å². The van der Waals surface area contributed by atoms with Gasteiger partial charge in [-0.3, -0.25) is 0 Å². The summed E-state index contributed by atoms with van der Waals surface area (Å²) in [6, 6.07) is 0. The van der Waals surface area contributed by atoms with E-state index in [1.165, 1.54) is 37.7 Å². The van der Waals surface area contributed by atoms with Gasteiger partial charge in [-0.2, -0.15) is 0 Å². The molecule has 49 heavy (non-hydrogen) atoms. The zero-order valence-electron chi connectivity index (χ0n) is 34.2. The summed E-state index contributed by atoms with van der Waals surface area (Å²) < 4.78 is 25.3. The fraction of sp³-hybridized carbons (Fsp3) is 0.786. The van der Waals surface area contributed by atoms with Crippen LogP contribution in [0.25, 0.3) is 4.85 Å². The van der Waals surface area contributed by atoms with Gasteiger partial charge in [-0.25, -0.2) is 4.85 Å². The largest absolute Gasteiger partial charge is 0.411 e. The van der Waals surface area contributed by atoms with Crippen LogP contribution in [0.1, 0.15) is 121 Å². The summed E-state index contributed by atoms with van der Waals surface area (Å²) in [5.41, 5.74) is 4.19. The smallest absolute Gasteiger partial charge is 0.192 e. The van der Waals surface area contributed by atoms with Gasteiger partial charge in [0.25, 0.3) is 0 Å². The maximum Gasteiger partial charge on any atom is 0.192 e. The SMILES string of the molecule is [C-]#[N+]C=C1[C@@H](O[Si](C)(C)C(C)(C)C)CC(=C/C=C2\CCCC3(C)C2CCC3[C@H](C)/C=C/CC(C)(C)OCOC)C[C@H]1O[Si](C)(C)C(C)(C)C. The Bertz CT molecular complexity index is 1250.